The van der Waals surface area contributed by atoms with Crippen LogP contribution >= 0.6 is 15.9 Å². The van der Waals surface area contributed by atoms with Crippen molar-refractivity contribution in [3.63, 3.8) is 0 Å². The quantitative estimate of drug-likeness (QED) is 0.778. The first kappa shape index (κ1) is 13.4. The second-order valence-corrected chi connectivity index (χ2v) is 4.96. The molecule has 90 valence electrons. The lowest BCUT2D eigenvalue weighted by Gasteiger charge is -2.25. The van der Waals surface area contributed by atoms with Crippen LogP contribution in [0.3, 0.4) is 0 Å². The molecule has 1 rings (SSSR count). The maximum Gasteiger partial charge on any atom is 0.124 e. The first-order valence-electron chi connectivity index (χ1n) is 4.91. The van der Waals surface area contributed by atoms with Gasteiger partial charge in [0.2, 0.25) is 0 Å². The number of hydrogen-bond acceptors (Lipinski definition) is 3. The van der Waals surface area contributed by atoms with Gasteiger partial charge in [-0.05, 0) is 34.1 Å². The van der Waals surface area contributed by atoms with E-state index in [1.807, 2.05) is 0 Å². The maximum atomic E-state index is 12.8. The van der Waals surface area contributed by atoms with Crippen molar-refractivity contribution in [2.45, 2.75) is 6.92 Å². The first-order chi connectivity index (χ1) is 7.50. The van der Waals surface area contributed by atoms with Crippen LogP contribution in [0.25, 0.3) is 0 Å². The Balaban J connectivity index is 2.67. The molecule has 0 aromatic heterocycles. The zero-order valence-electron chi connectivity index (χ0n) is 9.00. The molecule has 5 heteroatoms. The third kappa shape index (κ3) is 3.43. The molecule has 0 bridgehead atoms. The molecule has 16 heavy (non-hydrogen) atoms. The average Bonchev–Trinajstić information content (AvgIpc) is 2.27. The minimum Gasteiger partial charge on any atom is -0.396 e. The fourth-order valence-corrected chi connectivity index (χ4v) is 1.59. The fraction of sp³-hybridized carbons (Fsp3) is 0.455. The molecule has 0 saturated heterocycles. The van der Waals surface area contributed by atoms with Crippen LogP contribution in [0.5, 0.6) is 0 Å². The number of hydrogen-bond donors (Lipinski definition) is 3. The summed E-state index contributed by atoms with van der Waals surface area (Å²) >= 11 is 3.23. The number of nitrogens with one attached hydrogen (secondary N) is 1. The lowest BCUT2D eigenvalue weighted by atomic mass is 9.93. The van der Waals surface area contributed by atoms with Crippen molar-refractivity contribution in [3.8, 4) is 0 Å². The van der Waals surface area contributed by atoms with E-state index < -0.39 is 5.41 Å². The molecule has 1 aromatic rings. The minimum absolute atomic E-state index is 0.116. The Hall–Kier alpha value is -0.650. The van der Waals surface area contributed by atoms with Crippen LogP contribution in [0.15, 0.2) is 22.7 Å². The number of rotatable bonds is 5. The molecule has 0 unspecified atom stereocenters. The lowest BCUT2D eigenvalue weighted by molar-refractivity contribution is 0.0806. The summed E-state index contributed by atoms with van der Waals surface area (Å²) in [6.45, 7) is 1.94. The number of aliphatic hydroxyl groups excluding tert-OH is 2. The molecular formula is C11H15BrFNO2. The zero-order valence-corrected chi connectivity index (χ0v) is 10.6. The van der Waals surface area contributed by atoms with Gasteiger partial charge < -0.3 is 15.5 Å². The summed E-state index contributed by atoms with van der Waals surface area (Å²) in [4.78, 5) is 0. The highest BCUT2D eigenvalue weighted by atomic mass is 79.9. The summed E-state index contributed by atoms with van der Waals surface area (Å²) in [5.41, 5.74) is 0.142. The van der Waals surface area contributed by atoms with Crippen molar-refractivity contribution >= 4 is 21.6 Å². The molecule has 3 nitrogen and oxygen atoms in total. The van der Waals surface area contributed by atoms with Crippen molar-refractivity contribution in [1.82, 2.24) is 0 Å². The van der Waals surface area contributed by atoms with Crippen molar-refractivity contribution in [2.75, 3.05) is 25.1 Å². The molecule has 0 heterocycles. The van der Waals surface area contributed by atoms with Crippen LogP contribution in [-0.2, 0) is 0 Å². The molecule has 0 saturated carbocycles. The molecule has 0 fully saturated rings. The SMILES string of the molecule is CC(CO)(CO)CNc1ccc(F)cc1Br. The third-order valence-corrected chi connectivity index (χ3v) is 3.06. The Labute approximate surface area is 102 Å². The number of benzene rings is 1. The van der Waals surface area contributed by atoms with E-state index in [1.54, 1.807) is 13.0 Å². The highest BCUT2D eigenvalue weighted by Gasteiger charge is 2.22. The molecule has 0 amide bonds. The second kappa shape index (κ2) is 5.61. The highest BCUT2D eigenvalue weighted by Crippen LogP contribution is 2.24. The maximum absolute atomic E-state index is 12.8. The van der Waals surface area contributed by atoms with Crippen molar-refractivity contribution in [1.29, 1.82) is 0 Å². The Morgan fingerprint density at radius 3 is 2.50 bits per heavy atom. The Morgan fingerprint density at radius 1 is 1.38 bits per heavy atom. The largest absolute Gasteiger partial charge is 0.396 e. The topological polar surface area (TPSA) is 52.5 Å². The molecule has 0 spiro atoms. The molecule has 1 aromatic carbocycles. The third-order valence-electron chi connectivity index (χ3n) is 2.40. The van der Waals surface area contributed by atoms with Crippen LogP contribution in [-0.4, -0.2) is 30.0 Å². The Kier molecular flexibility index (Phi) is 4.70. The highest BCUT2D eigenvalue weighted by molar-refractivity contribution is 9.10. The molecule has 0 radical (unpaired) electrons. The summed E-state index contributed by atoms with van der Waals surface area (Å²) in [5, 5.41) is 21.3. The van der Waals surface area contributed by atoms with Crippen LogP contribution < -0.4 is 5.32 Å². The van der Waals surface area contributed by atoms with Gasteiger partial charge in [-0.15, -0.1) is 0 Å². The van der Waals surface area contributed by atoms with Crippen LogP contribution in [0, 0.1) is 11.2 Å². The van der Waals surface area contributed by atoms with Gasteiger partial charge in [-0.1, -0.05) is 6.92 Å². The summed E-state index contributed by atoms with van der Waals surface area (Å²) < 4.78 is 13.4. The van der Waals surface area contributed by atoms with Gasteiger partial charge in [-0.3, -0.25) is 0 Å². The van der Waals surface area contributed by atoms with E-state index in [2.05, 4.69) is 21.2 Å². The molecule has 0 atom stereocenters. The van der Waals surface area contributed by atoms with Gasteiger partial charge in [0.15, 0.2) is 0 Å². The van der Waals surface area contributed by atoms with Crippen LogP contribution in [0.4, 0.5) is 10.1 Å². The van der Waals surface area contributed by atoms with Gasteiger partial charge in [-0.2, -0.15) is 0 Å². The molecular weight excluding hydrogens is 277 g/mol. The van der Waals surface area contributed by atoms with Gasteiger partial charge >= 0.3 is 0 Å². The van der Waals surface area contributed by atoms with E-state index in [9.17, 15) is 4.39 Å². The van der Waals surface area contributed by atoms with E-state index in [-0.39, 0.29) is 19.0 Å². The Bertz CT molecular complexity index is 356. The molecule has 3 N–H and O–H groups in total. The standard InChI is InChI=1S/C11H15BrFNO2/c1-11(6-15,7-16)5-14-10-3-2-8(13)4-9(10)12/h2-4,14-16H,5-7H2,1H3. The number of aliphatic hydroxyl groups is 2. The van der Waals surface area contributed by atoms with Crippen molar-refractivity contribution in [2.24, 2.45) is 5.41 Å². The Morgan fingerprint density at radius 2 is 2.00 bits per heavy atom. The summed E-state index contributed by atoms with van der Waals surface area (Å²) in [6.07, 6.45) is 0. The van der Waals surface area contributed by atoms with Gasteiger partial charge in [0, 0.05) is 22.1 Å². The minimum atomic E-state index is -0.589. The van der Waals surface area contributed by atoms with Crippen LogP contribution in [0.1, 0.15) is 6.92 Å². The average molecular weight is 292 g/mol. The summed E-state index contributed by atoms with van der Waals surface area (Å²) in [5.74, 6) is -0.315. The van der Waals surface area contributed by atoms with E-state index in [1.165, 1.54) is 12.1 Å². The van der Waals surface area contributed by atoms with Gasteiger partial charge in [0.1, 0.15) is 5.82 Å². The normalized spacial score (nSPS) is 11.6. The van der Waals surface area contributed by atoms with E-state index in [0.29, 0.717) is 11.0 Å². The van der Waals surface area contributed by atoms with E-state index >= 15 is 0 Å². The predicted octanol–water partition coefficient (Wildman–Crippen LogP) is 1.99. The fourth-order valence-electron chi connectivity index (χ4n) is 1.10. The van der Waals surface area contributed by atoms with Crippen LogP contribution in [0.2, 0.25) is 0 Å². The second-order valence-electron chi connectivity index (χ2n) is 4.10. The number of anilines is 1. The smallest absolute Gasteiger partial charge is 0.124 e. The van der Waals surface area contributed by atoms with Crippen molar-refractivity contribution < 1.29 is 14.6 Å². The first-order valence-corrected chi connectivity index (χ1v) is 5.71. The summed E-state index contributed by atoms with van der Waals surface area (Å²) in [7, 11) is 0. The number of halogens is 2. The molecule has 0 aliphatic carbocycles. The van der Waals surface area contributed by atoms with Gasteiger partial charge in [0.25, 0.3) is 0 Å². The predicted molar refractivity (Wildman–Crippen MR) is 64.9 cm³/mol. The zero-order chi connectivity index (χ0) is 12.2. The van der Waals surface area contributed by atoms with E-state index in [0.717, 1.165) is 5.69 Å². The summed E-state index contributed by atoms with van der Waals surface area (Å²) in [6, 6.07) is 4.31. The van der Waals surface area contributed by atoms with Gasteiger partial charge in [0.05, 0.1) is 13.2 Å². The van der Waals surface area contributed by atoms with Crippen molar-refractivity contribution in [3.05, 3.63) is 28.5 Å². The van der Waals surface area contributed by atoms with E-state index in [4.69, 9.17) is 10.2 Å². The lowest BCUT2D eigenvalue weighted by Crippen LogP contribution is -2.34. The molecule has 0 aliphatic heterocycles. The molecule has 0 aliphatic rings. The van der Waals surface area contributed by atoms with Gasteiger partial charge in [-0.25, -0.2) is 4.39 Å². The monoisotopic (exact) mass is 291 g/mol.